The number of nitrogens with one attached hydrogen (secondary N) is 1. The lowest BCUT2D eigenvalue weighted by Gasteiger charge is -2.32. The highest BCUT2D eigenvalue weighted by molar-refractivity contribution is 5.83. The Labute approximate surface area is 135 Å². The summed E-state index contributed by atoms with van der Waals surface area (Å²) in [5.41, 5.74) is 0. The summed E-state index contributed by atoms with van der Waals surface area (Å²) in [7, 11) is 1.97. The van der Waals surface area contributed by atoms with Crippen LogP contribution in [0.1, 0.15) is 52.4 Å². The molecule has 0 spiro atoms. The minimum absolute atomic E-state index is 0.127. The molecule has 0 radical (unpaired) electrons. The van der Waals surface area contributed by atoms with E-state index in [-0.39, 0.29) is 11.8 Å². The molecule has 1 N–H and O–H groups in total. The van der Waals surface area contributed by atoms with Crippen LogP contribution in [0.2, 0.25) is 0 Å². The first-order chi connectivity index (χ1) is 10.6. The van der Waals surface area contributed by atoms with Crippen LogP contribution < -0.4 is 5.32 Å². The molecule has 1 rings (SSSR count). The van der Waals surface area contributed by atoms with Crippen LogP contribution in [-0.2, 0) is 9.59 Å². The van der Waals surface area contributed by atoms with Gasteiger partial charge >= 0.3 is 0 Å². The van der Waals surface area contributed by atoms with E-state index in [2.05, 4.69) is 19.2 Å². The molecule has 1 saturated heterocycles. The van der Waals surface area contributed by atoms with Crippen LogP contribution in [0.5, 0.6) is 0 Å². The maximum absolute atomic E-state index is 12.2. The third-order valence-electron chi connectivity index (χ3n) is 4.35. The van der Waals surface area contributed by atoms with Crippen molar-refractivity contribution in [1.29, 1.82) is 0 Å². The lowest BCUT2D eigenvalue weighted by Crippen LogP contribution is -2.41. The third kappa shape index (κ3) is 6.34. The van der Waals surface area contributed by atoms with E-state index in [1.54, 1.807) is 0 Å². The molecular formula is C17H33N3O2. The minimum Gasteiger partial charge on any atom is -0.343 e. The lowest BCUT2D eigenvalue weighted by atomic mass is 9.96. The number of carbonyl (C=O) groups excluding carboxylic acids is 2. The molecule has 0 atom stereocenters. The summed E-state index contributed by atoms with van der Waals surface area (Å²) < 4.78 is 0. The van der Waals surface area contributed by atoms with E-state index < -0.39 is 0 Å². The molecule has 1 fully saturated rings. The van der Waals surface area contributed by atoms with Gasteiger partial charge in [0.1, 0.15) is 0 Å². The molecule has 0 unspecified atom stereocenters. The van der Waals surface area contributed by atoms with Gasteiger partial charge in [-0.15, -0.1) is 0 Å². The molecule has 22 heavy (non-hydrogen) atoms. The summed E-state index contributed by atoms with van der Waals surface area (Å²) in [6.07, 6.45) is 4.79. The standard InChI is InChI=1S/C17H33N3O2/c1-4-10-19(11-5-2)16(21)6-7-17(22)20-12-8-15(9-13-20)14-18-3/h15,18H,4-14H2,1-3H3. The highest BCUT2D eigenvalue weighted by Crippen LogP contribution is 2.17. The largest absolute Gasteiger partial charge is 0.343 e. The highest BCUT2D eigenvalue weighted by atomic mass is 16.2. The van der Waals surface area contributed by atoms with Crippen molar-refractivity contribution in [2.75, 3.05) is 39.8 Å². The number of carbonyl (C=O) groups is 2. The third-order valence-corrected chi connectivity index (χ3v) is 4.35. The molecule has 1 aliphatic rings. The zero-order chi connectivity index (χ0) is 16.4. The summed E-state index contributed by atoms with van der Waals surface area (Å²) in [6, 6.07) is 0. The van der Waals surface area contributed by atoms with Gasteiger partial charge in [-0.05, 0) is 45.2 Å². The predicted octanol–water partition coefficient (Wildman–Crippen LogP) is 1.87. The van der Waals surface area contributed by atoms with Gasteiger partial charge in [0.15, 0.2) is 0 Å². The van der Waals surface area contributed by atoms with Crippen LogP contribution in [0.4, 0.5) is 0 Å². The number of hydrogen-bond acceptors (Lipinski definition) is 3. The molecule has 5 heteroatoms. The number of hydrogen-bond donors (Lipinski definition) is 1. The zero-order valence-electron chi connectivity index (χ0n) is 14.6. The summed E-state index contributed by atoms with van der Waals surface area (Å²) in [5.74, 6) is 0.951. The molecule has 0 aromatic carbocycles. The summed E-state index contributed by atoms with van der Waals surface area (Å²) in [6.45, 7) is 8.48. The summed E-state index contributed by atoms with van der Waals surface area (Å²) in [5, 5.41) is 3.20. The van der Waals surface area contributed by atoms with Crippen molar-refractivity contribution < 1.29 is 9.59 Å². The second-order valence-electron chi connectivity index (χ2n) is 6.26. The second-order valence-corrected chi connectivity index (χ2v) is 6.26. The van der Waals surface area contributed by atoms with Crippen LogP contribution in [0.3, 0.4) is 0 Å². The van der Waals surface area contributed by atoms with Crippen molar-refractivity contribution >= 4 is 11.8 Å². The van der Waals surface area contributed by atoms with Gasteiger partial charge in [0, 0.05) is 39.0 Å². The molecule has 0 aromatic heterocycles. The fourth-order valence-corrected chi connectivity index (χ4v) is 3.11. The van der Waals surface area contributed by atoms with E-state index in [0.717, 1.165) is 58.4 Å². The van der Waals surface area contributed by atoms with Crippen molar-refractivity contribution in [3.05, 3.63) is 0 Å². The van der Waals surface area contributed by atoms with Gasteiger partial charge in [0.25, 0.3) is 0 Å². The van der Waals surface area contributed by atoms with E-state index in [4.69, 9.17) is 0 Å². The molecule has 1 heterocycles. The van der Waals surface area contributed by atoms with Crippen LogP contribution in [0.15, 0.2) is 0 Å². The van der Waals surface area contributed by atoms with Gasteiger partial charge in [-0.1, -0.05) is 13.8 Å². The van der Waals surface area contributed by atoms with Gasteiger partial charge in [0.05, 0.1) is 0 Å². The maximum Gasteiger partial charge on any atom is 0.223 e. The number of piperidine rings is 1. The quantitative estimate of drug-likeness (QED) is 0.707. The fraction of sp³-hybridized carbons (Fsp3) is 0.882. The van der Waals surface area contributed by atoms with Crippen LogP contribution >= 0.6 is 0 Å². The van der Waals surface area contributed by atoms with Crippen molar-refractivity contribution in [3.8, 4) is 0 Å². The summed E-state index contributed by atoms with van der Waals surface area (Å²) >= 11 is 0. The zero-order valence-corrected chi connectivity index (χ0v) is 14.6. The van der Waals surface area contributed by atoms with E-state index in [1.165, 1.54) is 0 Å². The van der Waals surface area contributed by atoms with Crippen LogP contribution in [0, 0.1) is 5.92 Å². The molecule has 0 saturated carbocycles. The maximum atomic E-state index is 12.2. The second kappa shape index (κ2) is 10.6. The van der Waals surface area contributed by atoms with Gasteiger partial charge < -0.3 is 15.1 Å². The van der Waals surface area contributed by atoms with E-state index in [1.807, 2.05) is 16.8 Å². The Morgan fingerprint density at radius 2 is 1.68 bits per heavy atom. The lowest BCUT2D eigenvalue weighted by molar-refractivity contribution is -0.137. The van der Waals surface area contributed by atoms with E-state index in [0.29, 0.717) is 18.8 Å². The van der Waals surface area contributed by atoms with Gasteiger partial charge in [-0.2, -0.15) is 0 Å². The molecule has 2 amide bonds. The summed E-state index contributed by atoms with van der Waals surface area (Å²) in [4.78, 5) is 28.3. The van der Waals surface area contributed by atoms with Crippen LogP contribution in [-0.4, -0.2) is 61.4 Å². The molecule has 0 aromatic rings. The first-order valence-electron chi connectivity index (χ1n) is 8.82. The molecule has 0 aliphatic carbocycles. The van der Waals surface area contributed by atoms with Crippen molar-refractivity contribution in [2.24, 2.45) is 5.92 Å². The monoisotopic (exact) mass is 311 g/mol. The number of nitrogens with zero attached hydrogens (tertiary/aromatic N) is 2. The van der Waals surface area contributed by atoms with Gasteiger partial charge in [-0.25, -0.2) is 0 Å². The van der Waals surface area contributed by atoms with E-state index >= 15 is 0 Å². The van der Waals surface area contributed by atoms with Gasteiger partial charge in [-0.3, -0.25) is 9.59 Å². The first kappa shape index (κ1) is 18.9. The Kier molecular flexibility index (Phi) is 9.13. The number of likely N-dealkylation sites (tertiary alicyclic amines) is 1. The Hall–Kier alpha value is -1.10. The Morgan fingerprint density at radius 1 is 1.09 bits per heavy atom. The number of rotatable bonds is 9. The number of amides is 2. The van der Waals surface area contributed by atoms with Gasteiger partial charge in [0.2, 0.25) is 11.8 Å². The molecule has 128 valence electrons. The van der Waals surface area contributed by atoms with Crippen molar-refractivity contribution in [2.45, 2.75) is 52.4 Å². The Bertz CT molecular complexity index is 333. The fourth-order valence-electron chi connectivity index (χ4n) is 3.11. The molecule has 1 aliphatic heterocycles. The topological polar surface area (TPSA) is 52.7 Å². The average Bonchev–Trinajstić information content (AvgIpc) is 2.53. The first-order valence-corrected chi connectivity index (χ1v) is 8.82. The van der Waals surface area contributed by atoms with E-state index in [9.17, 15) is 9.59 Å². The minimum atomic E-state index is 0.127. The predicted molar refractivity (Wildman–Crippen MR) is 89.6 cm³/mol. The van der Waals surface area contributed by atoms with Crippen molar-refractivity contribution in [3.63, 3.8) is 0 Å². The normalized spacial score (nSPS) is 15.9. The van der Waals surface area contributed by atoms with Crippen molar-refractivity contribution in [1.82, 2.24) is 15.1 Å². The average molecular weight is 311 g/mol. The smallest absolute Gasteiger partial charge is 0.223 e. The molecule has 5 nitrogen and oxygen atoms in total. The Morgan fingerprint density at radius 3 is 2.18 bits per heavy atom. The van der Waals surface area contributed by atoms with Crippen LogP contribution in [0.25, 0.3) is 0 Å². The SMILES string of the molecule is CCCN(CCC)C(=O)CCC(=O)N1CCC(CNC)CC1. The highest BCUT2D eigenvalue weighted by Gasteiger charge is 2.23. The molecule has 0 bridgehead atoms. The Balaban J connectivity index is 2.31. The molecular weight excluding hydrogens is 278 g/mol.